The Morgan fingerprint density at radius 2 is 1.77 bits per heavy atom. The second-order valence-corrected chi connectivity index (χ2v) is 6.17. The van der Waals surface area contributed by atoms with Gasteiger partial charge in [0.2, 0.25) is 0 Å². The fourth-order valence-corrected chi connectivity index (χ4v) is 2.55. The van der Waals surface area contributed by atoms with E-state index in [-0.39, 0.29) is 0 Å². The largest absolute Gasteiger partial charge is 0.353 e. The molecule has 4 nitrogen and oxygen atoms in total. The third kappa shape index (κ3) is 5.02. The van der Waals surface area contributed by atoms with Crippen molar-refractivity contribution in [2.24, 2.45) is 10.9 Å². The molecule has 0 spiro atoms. The van der Waals surface area contributed by atoms with Crippen molar-refractivity contribution in [3.63, 3.8) is 0 Å². The van der Waals surface area contributed by atoms with Crippen LogP contribution in [0.3, 0.4) is 0 Å². The lowest BCUT2D eigenvalue weighted by Crippen LogP contribution is -2.38. The van der Waals surface area contributed by atoms with Gasteiger partial charge in [-0.05, 0) is 36.6 Å². The minimum atomic E-state index is 0.600. The molecule has 22 heavy (non-hydrogen) atoms. The van der Waals surface area contributed by atoms with E-state index in [4.69, 9.17) is 0 Å². The SMILES string of the molecule is CCN(CC)Cc1ccc(CNC(=NC)NC2CC2C)cc1. The van der Waals surface area contributed by atoms with Gasteiger partial charge in [0.05, 0.1) is 0 Å². The standard InChI is InChI=1S/C18H30N4/c1-5-22(6-2)13-16-9-7-15(8-10-16)12-20-18(19-4)21-17-11-14(17)3/h7-10,14,17H,5-6,11-13H2,1-4H3,(H2,19,20,21). The summed E-state index contributed by atoms with van der Waals surface area (Å²) in [7, 11) is 1.83. The average Bonchev–Trinajstić information content (AvgIpc) is 3.25. The summed E-state index contributed by atoms with van der Waals surface area (Å²) < 4.78 is 0. The minimum absolute atomic E-state index is 0.600. The van der Waals surface area contributed by atoms with Crippen molar-refractivity contribution < 1.29 is 0 Å². The summed E-state index contributed by atoms with van der Waals surface area (Å²) in [6.07, 6.45) is 1.25. The summed E-state index contributed by atoms with van der Waals surface area (Å²) in [4.78, 5) is 6.71. The number of benzene rings is 1. The van der Waals surface area contributed by atoms with E-state index in [0.29, 0.717) is 6.04 Å². The molecule has 1 saturated carbocycles. The zero-order chi connectivity index (χ0) is 15.9. The number of nitrogens with one attached hydrogen (secondary N) is 2. The molecule has 4 heteroatoms. The van der Waals surface area contributed by atoms with Gasteiger partial charge in [0.1, 0.15) is 0 Å². The van der Waals surface area contributed by atoms with Crippen LogP contribution in [0.2, 0.25) is 0 Å². The van der Waals surface area contributed by atoms with Crippen LogP contribution >= 0.6 is 0 Å². The third-order valence-corrected chi connectivity index (χ3v) is 4.44. The van der Waals surface area contributed by atoms with Crippen molar-refractivity contribution >= 4 is 5.96 Å². The Labute approximate surface area is 135 Å². The molecule has 2 unspecified atom stereocenters. The van der Waals surface area contributed by atoms with Crippen LogP contribution < -0.4 is 10.6 Å². The maximum Gasteiger partial charge on any atom is 0.191 e. The number of rotatable bonds is 7. The Balaban J connectivity index is 1.80. The molecule has 2 rings (SSSR count). The smallest absolute Gasteiger partial charge is 0.191 e. The highest BCUT2D eigenvalue weighted by Crippen LogP contribution is 2.28. The predicted molar refractivity (Wildman–Crippen MR) is 94.0 cm³/mol. The van der Waals surface area contributed by atoms with Gasteiger partial charge in [-0.3, -0.25) is 9.89 Å². The minimum Gasteiger partial charge on any atom is -0.353 e. The Bertz CT molecular complexity index is 476. The molecule has 1 aliphatic carbocycles. The van der Waals surface area contributed by atoms with Crippen LogP contribution in [-0.2, 0) is 13.1 Å². The lowest BCUT2D eigenvalue weighted by Gasteiger charge is -2.18. The van der Waals surface area contributed by atoms with Crippen molar-refractivity contribution in [2.75, 3.05) is 20.1 Å². The summed E-state index contributed by atoms with van der Waals surface area (Å²) in [5.41, 5.74) is 2.66. The Kier molecular flexibility index (Phi) is 6.25. The molecule has 1 aromatic rings. The lowest BCUT2D eigenvalue weighted by molar-refractivity contribution is 0.296. The molecule has 0 aliphatic heterocycles. The summed E-state index contributed by atoms with van der Waals surface area (Å²) >= 11 is 0. The fourth-order valence-electron chi connectivity index (χ4n) is 2.55. The van der Waals surface area contributed by atoms with Crippen LogP contribution in [0, 0.1) is 5.92 Å². The molecule has 0 saturated heterocycles. The zero-order valence-electron chi connectivity index (χ0n) is 14.4. The quantitative estimate of drug-likeness (QED) is 0.601. The Morgan fingerprint density at radius 3 is 2.27 bits per heavy atom. The van der Waals surface area contributed by atoms with Gasteiger partial charge in [-0.25, -0.2) is 0 Å². The van der Waals surface area contributed by atoms with Gasteiger partial charge in [0.25, 0.3) is 0 Å². The highest BCUT2D eigenvalue weighted by molar-refractivity contribution is 5.80. The van der Waals surface area contributed by atoms with Crippen LogP contribution in [0.15, 0.2) is 29.3 Å². The van der Waals surface area contributed by atoms with E-state index >= 15 is 0 Å². The van der Waals surface area contributed by atoms with Gasteiger partial charge in [0, 0.05) is 26.2 Å². The van der Waals surface area contributed by atoms with E-state index in [1.807, 2.05) is 7.05 Å². The first-order valence-corrected chi connectivity index (χ1v) is 8.43. The molecule has 1 fully saturated rings. The molecule has 0 aromatic heterocycles. The number of guanidine groups is 1. The van der Waals surface area contributed by atoms with Gasteiger partial charge in [-0.2, -0.15) is 0 Å². The van der Waals surface area contributed by atoms with Crippen molar-refractivity contribution in [3.8, 4) is 0 Å². The zero-order valence-corrected chi connectivity index (χ0v) is 14.4. The molecule has 0 radical (unpaired) electrons. The van der Waals surface area contributed by atoms with Crippen LogP contribution in [0.25, 0.3) is 0 Å². The Morgan fingerprint density at radius 1 is 1.18 bits per heavy atom. The van der Waals surface area contributed by atoms with Crippen LogP contribution in [-0.4, -0.2) is 37.0 Å². The lowest BCUT2D eigenvalue weighted by atomic mass is 10.1. The van der Waals surface area contributed by atoms with E-state index in [0.717, 1.165) is 38.1 Å². The second kappa shape index (κ2) is 8.18. The molecule has 122 valence electrons. The van der Waals surface area contributed by atoms with Gasteiger partial charge in [0.15, 0.2) is 5.96 Å². The van der Waals surface area contributed by atoms with Crippen molar-refractivity contribution in [1.29, 1.82) is 0 Å². The molecular weight excluding hydrogens is 272 g/mol. The predicted octanol–water partition coefficient (Wildman–Crippen LogP) is 2.60. The number of nitrogens with zero attached hydrogens (tertiary/aromatic N) is 2. The highest BCUT2D eigenvalue weighted by Gasteiger charge is 2.33. The first-order chi connectivity index (χ1) is 10.7. The molecular formula is C18H30N4. The average molecular weight is 302 g/mol. The van der Waals surface area contributed by atoms with E-state index in [2.05, 4.69) is 65.6 Å². The van der Waals surface area contributed by atoms with E-state index in [1.165, 1.54) is 17.5 Å². The summed E-state index contributed by atoms with van der Waals surface area (Å²) in [6.45, 7) is 10.7. The normalized spacial score (nSPS) is 21.0. The van der Waals surface area contributed by atoms with Crippen molar-refractivity contribution in [2.45, 2.75) is 46.3 Å². The topological polar surface area (TPSA) is 39.7 Å². The summed E-state index contributed by atoms with van der Waals surface area (Å²) in [6, 6.07) is 9.48. The summed E-state index contributed by atoms with van der Waals surface area (Å²) in [5, 5.41) is 6.83. The van der Waals surface area contributed by atoms with Crippen LogP contribution in [0.4, 0.5) is 0 Å². The Hall–Kier alpha value is -1.55. The van der Waals surface area contributed by atoms with E-state index in [1.54, 1.807) is 0 Å². The first kappa shape index (κ1) is 16.8. The molecule has 0 bridgehead atoms. The van der Waals surface area contributed by atoms with Crippen molar-refractivity contribution in [3.05, 3.63) is 35.4 Å². The maximum atomic E-state index is 4.28. The third-order valence-electron chi connectivity index (χ3n) is 4.44. The summed E-state index contributed by atoms with van der Waals surface area (Å²) in [5.74, 6) is 1.68. The fraction of sp³-hybridized carbons (Fsp3) is 0.611. The van der Waals surface area contributed by atoms with Gasteiger partial charge >= 0.3 is 0 Å². The first-order valence-electron chi connectivity index (χ1n) is 8.43. The monoisotopic (exact) mass is 302 g/mol. The van der Waals surface area contributed by atoms with Crippen LogP contribution in [0.1, 0.15) is 38.3 Å². The number of hydrogen-bond acceptors (Lipinski definition) is 2. The van der Waals surface area contributed by atoms with Crippen molar-refractivity contribution in [1.82, 2.24) is 15.5 Å². The van der Waals surface area contributed by atoms with Crippen LogP contribution in [0.5, 0.6) is 0 Å². The molecule has 1 aromatic carbocycles. The maximum absolute atomic E-state index is 4.28. The van der Waals surface area contributed by atoms with Gasteiger partial charge in [-0.1, -0.05) is 45.0 Å². The molecule has 0 heterocycles. The number of hydrogen-bond donors (Lipinski definition) is 2. The molecule has 0 amide bonds. The van der Waals surface area contributed by atoms with E-state index < -0.39 is 0 Å². The molecule has 2 N–H and O–H groups in total. The molecule has 2 atom stereocenters. The second-order valence-electron chi connectivity index (χ2n) is 6.17. The number of aliphatic imine (C=N–C) groups is 1. The molecule has 1 aliphatic rings. The van der Waals surface area contributed by atoms with E-state index in [9.17, 15) is 0 Å². The van der Waals surface area contributed by atoms with Gasteiger partial charge in [-0.15, -0.1) is 0 Å². The van der Waals surface area contributed by atoms with Gasteiger partial charge < -0.3 is 10.6 Å². The highest BCUT2D eigenvalue weighted by atomic mass is 15.2.